The molecule has 0 saturated heterocycles. The van der Waals surface area contributed by atoms with E-state index in [-0.39, 0.29) is 17.5 Å². The van der Waals surface area contributed by atoms with Crippen LogP contribution in [0.15, 0.2) is 18.2 Å². The van der Waals surface area contributed by atoms with Crippen LogP contribution in [0.1, 0.15) is 67.4 Å². The second-order valence-corrected chi connectivity index (χ2v) is 5.75. The molecule has 2 nitrogen and oxygen atoms in total. The van der Waals surface area contributed by atoms with Gasteiger partial charge in [-0.3, -0.25) is 9.59 Å². The summed E-state index contributed by atoms with van der Waals surface area (Å²) in [6, 6.07) is 5.92. The average Bonchev–Trinajstić information content (AvgIpc) is 2.40. The second kappa shape index (κ2) is 7.98. The van der Waals surface area contributed by atoms with Gasteiger partial charge in [-0.05, 0) is 38.8 Å². The summed E-state index contributed by atoms with van der Waals surface area (Å²) in [7, 11) is 0. The number of hydrogen-bond acceptors (Lipinski definition) is 2. The number of carbonyl (C=O) groups is 2. The van der Waals surface area contributed by atoms with Crippen molar-refractivity contribution >= 4 is 11.6 Å². The Morgan fingerprint density at radius 1 is 1.15 bits per heavy atom. The molecule has 0 heterocycles. The van der Waals surface area contributed by atoms with Crippen LogP contribution < -0.4 is 0 Å². The molecule has 2 heteroatoms. The predicted octanol–water partition coefficient (Wildman–Crippen LogP) is 4.66. The van der Waals surface area contributed by atoms with Crippen LogP contribution >= 0.6 is 0 Å². The van der Waals surface area contributed by atoms with Gasteiger partial charge in [-0.25, -0.2) is 0 Å². The van der Waals surface area contributed by atoms with Crippen molar-refractivity contribution in [3.05, 3.63) is 34.9 Å². The number of carbonyl (C=O) groups excluding carboxylic acids is 2. The van der Waals surface area contributed by atoms with Gasteiger partial charge in [0.1, 0.15) is 5.78 Å². The van der Waals surface area contributed by atoms with Gasteiger partial charge in [-0.1, -0.05) is 43.9 Å². The number of benzene rings is 1. The Morgan fingerprint density at radius 2 is 1.85 bits per heavy atom. The van der Waals surface area contributed by atoms with E-state index in [9.17, 15) is 9.59 Å². The highest BCUT2D eigenvalue weighted by Crippen LogP contribution is 2.20. The van der Waals surface area contributed by atoms with E-state index in [2.05, 4.69) is 6.92 Å². The average molecular weight is 274 g/mol. The molecule has 0 aliphatic heterocycles. The summed E-state index contributed by atoms with van der Waals surface area (Å²) in [6.07, 6.45) is 4.47. The van der Waals surface area contributed by atoms with Gasteiger partial charge in [0, 0.05) is 17.9 Å². The quantitative estimate of drug-likeness (QED) is 0.510. The van der Waals surface area contributed by atoms with Crippen molar-refractivity contribution in [2.75, 3.05) is 0 Å². The van der Waals surface area contributed by atoms with Crippen molar-refractivity contribution in [3.63, 3.8) is 0 Å². The molecule has 0 saturated carbocycles. The topological polar surface area (TPSA) is 34.1 Å². The zero-order valence-electron chi connectivity index (χ0n) is 13.2. The van der Waals surface area contributed by atoms with Crippen LogP contribution in [0.5, 0.6) is 0 Å². The maximum atomic E-state index is 12.4. The van der Waals surface area contributed by atoms with E-state index in [0.29, 0.717) is 6.42 Å². The van der Waals surface area contributed by atoms with E-state index in [1.165, 1.54) is 0 Å². The molecule has 0 fully saturated rings. The molecule has 0 aliphatic rings. The first-order chi connectivity index (χ1) is 9.45. The van der Waals surface area contributed by atoms with Crippen molar-refractivity contribution in [1.82, 2.24) is 0 Å². The van der Waals surface area contributed by atoms with E-state index >= 15 is 0 Å². The fraction of sp³-hybridized carbons (Fsp3) is 0.556. The summed E-state index contributed by atoms with van der Waals surface area (Å²) in [5.41, 5.74) is 2.85. The lowest BCUT2D eigenvalue weighted by atomic mass is 9.89. The van der Waals surface area contributed by atoms with Gasteiger partial charge < -0.3 is 0 Å². The van der Waals surface area contributed by atoms with Crippen LogP contribution in [-0.4, -0.2) is 11.6 Å². The van der Waals surface area contributed by atoms with Crippen LogP contribution in [0.4, 0.5) is 0 Å². The summed E-state index contributed by atoms with van der Waals surface area (Å²) < 4.78 is 0. The lowest BCUT2D eigenvalue weighted by Crippen LogP contribution is -2.17. The molecule has 20 heavy (non-hydrogen) atoms. The maximum absolute atomic E-state index is 12.4. The molecule has 110 valence electrons. The SMILES string of the molecule is CCCCCC(CC(=O)c1cc(C)ccc1C)C(C)=O. The van der Waals surface area contributed by atoms with Gasteiger partial charge in [0.25, 0.3) is 0 Å². The zero-order chi connectivity index (χ0) is 15.1. The number of rotatable bonds is 8. The normalized spacial score (nSPS) is 12.2. The third kappa shape index (κ3) is 4.92. The van der Waals surface area contributed by atoms with Crippen molar-refractivity contribution in [3.8, 4) is 0 Å². The molecular formula is C18H26O2. The molecule has 1 rings (SSSR count). The van der Waals surface area contributed by atoms with Crippen LogP contribution in [0.25, 0.3) is 0 Å². The molecule has 1 unspecified atom stereocenters. The van der Waals surface area contributed by atoms with Gasteiger partial charge in [0.2, 0.25) is 0 Å². The third-order valence-corrected chi connectivity index (χ3v) is 3.86. The highest BCUT2D eigenvalue weighted by atomic mass is 16.1. The molecule has 0 aromatic heterocycles. The number of Topliss-reactive ketones (excluding diaryl/α,β-unsaturated/α-hetero) is 2. The monoisotopic (exact) mass is 274 g/mol. The summed E-state index contributed by atoms with van der Waals surface area (Å²) >= 11 is 0. The molecule has 0 spiro atoms. The number of hydrogen-bond donors (Lipinski definition) is 0. The zero-order valence-corrected chi connectivity index (χ0v) is 13.2. The second-order valence-electron chi connectivity index (χ2n) is 5.75. The van der Waals surface area contributed by atoms with Gasteiger partial charge in [-0.15, -0.1) is 0 Å². The van der Waals surface area contributed by atoms with Crippen LogP contribution in [-0.2, 0) is 4.79 Å². The number of unbranched alkanes of at least 4 members (excludes halogenated alkanes) is 2. The van der Waals surface area contributed by atoms with Gasteiger partial charge in [0.05, 0.1) is 0 Å². The largest absolute Gasteiger partial charge is 0.300 e. The summed E-state index contributed by atoms with van der Waals surface area (Å²) in [6.45, 7) is 7.68. The van der Waals surface area contributed by atoms with E-state index in [0.717, 1.165) is 42.4 Å². The molecule has 0 radical (unpaired) electrons. The van der Waals surface area contributed by atoms with Crippen molar-refractivity contribution < 1.29 is 9.59 Å². The van der Waals surface area contributed by atoms with Crippen molar-refractivity contribution in [2.45, 2.75) is 59.8 Å². The van der Waals surface area contributed by atoms with E-state index in [1.54, 1.807) is 6.92 Å². The number of ketones is 2. The van der Waals surface area contributed by atoms with Crippen LogP contribution in [0, 0.1) is 19.8 Å². The highest BCUT2D eigenvalue weighted by molar-refractivity contribution is 5.99. The standard InChI is InChI=1S/C18H26O2/c1-5-6-7-8-16(15(4)19)12-18(20)17-11-13(2)9-10-14(17)3/h9-11,16H,5-8,12H2,1-4H3. The predicted molar refractivity (Wildman–Crippen MR) is 83.2 cm³/mol. The summed E-state index contributed by atoms with van der Waals surface area (Å²) in [4.78, 5) is 24.1. The lowest BCUT2D eigenvalue weighted by Gasteiger charge is -2.14. The Morgan fingerprint density at radius 3 is 2.45 bits per heavy atom. The maximum Gasteiger partial charge on any atom is 0.163 e. The van der Waals surface area contributed by atoms with Crippen molar-refractivity contribution in [1.29, 1.82) is 0 Å². The molecular weight excluding hydrogens is 248 g/mol. The molecule has 0 N–H and O–H groups in total. The fourth-order valence-electron chi connectivity index (χ4n) is 2.46. The Hall–Kier alpha value is -1.44. The minimum Gasteiger partial charge on any atom is -0.300 e. The smallest absolute Gasteiger partial charge is 0.163 e. The van der Waals surface area contributed by atoms with Crippen LogP contribution in [0.2, 0.25) is 0 Å². The van der Waals surface area contributed by atoms with E-state index in [4.69, 9.17) is 0 Å². The molecule has 0 bridgehead atoms. The van der Waals surface area contributed by atoms with Gasteiger partial charge >= 0.3 is 0 Å². The fourth-order valence-corrected chi connectivity index (χ4v) is 2.46. The Kier molecular flexibility index (Phi) is 6.63. The van der Waals surface area contributed by atoms with E-state index < -0.39 is 0 Å². The molecule has 0 aliphatic carbocycles. The Labute approximate surface area is 122 Å². The lowest BCUT2D eigenvalue weighted by molar-refractivity contribution is -0.120. The third-order valence-electron chi connectivity index (χ3n) is 3.86. The first kappa shape index (κ1) is 16.6. The molecule has 1 atom stereocenters. The van der Waals surface area contributed by atoms with Gasteiger partial charge in [-0.2, -0.15) is 0 Å². The first-order valence-corrected chi connectivity index (χ1v) is 7.56. The molecule has 1 aromatic rings. The van der Waals surface area contributed by atoms with E-state index in [1.807, 2.05) is 32.0 Å². The molecule has 1 aromatic carbocycles. The Bertz CT molecular complexity index is 474. The highest BCUT2D eigenvalue weighted by Gasteiger charge is 2.20. The Balaban J connectivity index is 2.75. The van der Waals surface area contributed by atoms with Crippen LogP contribution in [0.3, 0.4) is 0 Å². The van der Waals surface area contributed by atoms with Gasteiger partial charge in [0.15, 0.2) is 5.78 Å². The van der Waals surface area contributed by atoms with Crippen molar-refractivity contribution in [2.24, 2.45) is 5.92 Å². The minimum absolute atomic E-state index is 0.0999. The molecule has 0 amide bonds. The minimum atomic E-state index is -0.117. The number of aryl methyl sites for hydroxylation is 2. The summed E-state index contributed by atoms with van der Waals surface area (Å²) in [5.74, 6) is 0.122. The summed E-state index contributed by atoms with van der Waals surface area (Å²) in [5, 5.41) is 0. The first-order valence-electron chi connectivity index (χ1n) is 7.56.